The Labute approximate surface area is 133 Å². The van der Waals surface area contributed by atoms with Gasteiger partial charge in [0.05, 0.1) is 11.5 Å². The van der Waals surface area contributed by atoms with Gasteiger partial charge in [-0.25, -0.2) is 12.7 Å². The summed E-state index contributed by atoms with van der Waals surface area (Å²) in [7, 11) is -0.289. The zero-order chi connectivity index (χ0) is 16.2. The lowest BCUT2D eigenvalue weighted by Gasteiger charge is -2.34. The third-order valence-corrected chi connectivity index (χ3v) is 5.78. The number of aliphatic hydroxyl groups is 1. The first-order valence-corrected chi connectivity index (χ1v) is 8.94. The van der Waals surface area contributed by atoms with Gasteiger partial charge in [-0.1, -0.05) is 12.1 Å². The first-order chi connectivity index (χ1) is 10.4. The van der Waals surface area contributed by atoms with E-state index in [1.807, 2.05) is 6.07 Å². The predicted octanol–water partition coefficient (Wildman–Crippen LogP) is 0.0468. The van der Waals surface area contributed by atoms with Crippen molar-refractivity contribution in [1.82, 2.24) is 14.1 Å². The molecule has 124 valence electrons. The second-order valence-corrected chi connectivity index (χ2v) is 7.93. The van der Waals surface area contributed by atoms with E-state index in [0.717, 1.165) is 44.8 Å². The van der Waals surface area contributed by atoms with E-state index in [2.05, 4.69) is 9.80 Å². The van der Waals surface area contributed by atoms with Crippen LogP contribution in [-0.2, 0) is 16.6 Å². The Morgan fingerprint density at radius 3 is 2.36 bits per heavy atom. The molecule has 22 heavy (non-hydrogen) atoms. The minimum atomic E-state index is -3.38. The molecule has 0 unspecified atom stereocenters. The monoisotopic (exact) mass is 327 g/mol. The van der Waals surface area contributed by atoms with Crippen LogP contribution in [0.4, 0.5) is 0 Å². The molecule has 7 heteroatoms. The van der Waals surface area contributed by atoms with Gasteiger partial charge in [0.1, 0.15) is 0 Å². The zero-order valence-electron chi connectivity index (χ0n) is 13.3. The van der Waals surface area contributed by atoms with Crippen molar-refractivity contribution in [3.8, 4) is 0 Å². The van der Waals surface area contributed by atoms with Crippen LogP contribution >= 0.6 is 0 Å². The van der Waals surface area contributed by atoms with Gasteiger partial charge < -0.3 is 5.11 Å². The molecule has 6 nitrogen and oxygen atoms in total. The Morgan fingerprint density at radius 1 is 1.14 bits per heavy atom. The quantitative estimate of drug-likeness (QED) is 0.800. The molecular weight excluding hydrogens is 302 g/mol. The topological polar surface area (TPSA) is 64.1 Å². The molecule has 0 radical (unpaired) electrons. The number of piperazine rings is 1. The van der Waals surface area contributed by atoms with Crippen LogP contribution in [0, 0.1) is 0 Å². The highest BCUT2D eigenvalue weighted by molar-refractivity contribution is 7.89. The fourth-order valence-electron chi connectivity index (χ4n) is 2.59. The van der Waals surface area contributed by atoms with Crippen molar-refractivity contribution in [3.63, 3.8) is 0 Å². The summed E-state index contributed by atoms with van der Waals surface area (Å²) >= 11 is 0. The average Bonchev–Trinajstić information content (AvgIpc) is 2.50. The SMILES string of the molecule is CN(C)S(=O)(=O)c1cccc(CN2CCN(CCO)CC2)c1. The van der Waals surface area contributed by atoms with Crippen molar-refractivity contribution in [1.29, 1.82) is 0 Å². The summed E-state index contributed by atoms with van der Waals surface area (Å²) in [5, 5.41) is 8.96. The molecule has 1 fully saturated rings. The lowest BCUT2D eigenvalue weighted by molar-refractivity contribution is 0.108. The minimum Gasteiger partial charge on any atom is -0.395 e. The zero-order valence-corrected chi connectivity index (χ0v) is 14.1. The van der Waals surface area contributed by atoms with Crippen LogP contribution in [0.3, 0.4) is 0 Å². The van der Waals surface area contributed by atoms with Gasteiger partial charge in [0.25, 0.3) is 0 Å². The van der Waals surface area contributed by atoms with Gasteiger partial charge in [0.15, 0.2) is 0 Å². The Kier molecular flexibility index (Phi) is 5.94. The molecule has 0 saturated carbocycles. The van der Waals surface area contributed by atoms with Crippen molar-refractivity contribution >= 4 is 10.0 Å². The van der Waals surface area contributed by atoms with Gasteiger partial charge in [0, 0.05) is 53.4 Å². The molecule has 1 saturated heterocycles. The fourth-order valence-corrected chi connectivity index (χ4v) is 3.56. The Morgan fingerprint density at radius 2 is 1.77 bits per heavy atom. The molecule has 0 aromatic heterocycles. The van der Waals surface area contributed by atoms with Crippen LogP contribution < -0.4 is 0 Å². The maximum atomic E-state index is 12.2. The van der Waals surface area contributed by atoms with E-state index in [0.29, 0.717) is 4.90 Å². The molecule has 1 N–H and O–H groups in total. The lowest BCUT2D eigenvalue weighted by atomic mass is 10.2. The number of benzene rings is 1. The second kappa shape index (κ2) is 7.52. The van der Waals surface area contributed by atoms with E-state index in [1.165, 1.54) is 4.31 Å². The van der Waals surface area contributed by atoms with E-state index in [4.69, 9.17) is 5.11 Å². The molecule has 2 rings (SSSR count). The van der Waals surface area contributed by atoms with E-state index in [1.54, 1.807) is 32.3 Å². The van der Waals surface area contributed by atoms with Gasteiger partial charge in [-0.15, -0.1) is 0 Å². The molecular formula is C15H25N3O3S. The van der Waals surface area contributed by atoms with Crippen molar-refractivity contribution in [2.24, 2.45) is 0 Å². The summed E-state index contributed by atoms with van der Waals surface area (Å²) in [6.45, 7) is 5.43. The summed E-state index contributed by atoms with van der Waals surface area (Å²) in [4.78, 5) is 4.90. The molecule has 1 aliphatic rings. The van der Waals surface area contributed by atoms with Crippen LogP contribution in [-0.4, -0.2) is 81.1 Å². The number of β-amino-alcohol motifs (C(OH)–C–C–N with tert-alkyl or cyclic N) is 1. The Balaban J connectivity index is 2.00. The number of hydrogen-bond donors (Lipinski definition) is 1. The van der Waals surface area contributed by atoms with Crippen molar-refractivity contribution < 1.29 is 13.5 Å². The maximum Gasteiger partial charge on any atom is 0.242 e. The number of rotatable bonds is 6. The smallest absolute Gasteiger partial charge is 0.242 e. The Hall–Kier alpha value is -0.990. The van der Waals surface area contributed by atoms with Gasteiger partial charge >= 0.3 is 0 Å². The third kappa shape index (κ3) is 4.27. The molecule has 0 aliphatic carbocycles. The second-order valence-electron chi connectivity index (χ2n) is 5.78. The molecule has 1 aromatic carbocycles. The first kappa shape index (κ1) is 17.4. The van der Waals surface area contributed by atoms with Crippen LogP contribution in [0.1, 0.15) is 5.56 Å². The van der Waals surface area contributed by atoms with Crippen LogP contribution in [0.5, 0.6) is 0 Å². The number of aliphatic hydroxyl groups excluding tert-OH is 1. The van der Waals surface area contributed by atoms with E-state index in [-0.39, 0.29) is 6.61 Å². The highest BCUT2D eigenvalue weighted by Crippen LogP contribution is 2.16. The lowest BCUT2D eigenvalue weighted by Crippen LogP contribution is -2.46. The number of nitrogens with zero attached hydrogens (tertiary/aromatic N) is 3. The summed E-state index contributed by atoms with van der Waals surface area (Å²) in [6.07, 6.45) is 0. The van der Waals surface area contributed by atoms with E-state index in [9.17, 15) is 8.42 Å². The summed E-state index contributed by atoms with van der Waals surface area (Å²) in [5.74, 6) is 0. The predicted molar refractivity (Wildman–Crippen MR) is 86.1 cm³/mol. The summed E-state index contributed by atoms with van der Waals surface area (Å²) in [6, 6.07) is 7.16. The maximum absolute atomic E-state index is 12.2. The van der Waals surface area contributed by atoms with E-state index >= 15 is 0 Å². The number of hydrogen-bond acceptors (Lipinski definition) is 5. The molecule has 1 aromatic rings. The molecule has 0 spiro atoms. The average molecular weight is 327 g/mol. The highest BCUT2D eigenvalue weighted by Gasteiger charge is 2.19. The summed E-state index contributed by atoms with van der Waals surface area (Å²) < 4.78 is 25.6. The van der Waals surface area contributed by atoms with Gasteiger partial charge in [0.2, 0.25) is 10.0 Å². The number of sulfonamides is 1. The minimum absolute atomic E-state index is 0.199. The van der Waals surface area contributed by atoms with Crippen LogP contribution in [0.25, 0.3) is 0 Å². The van der Waals surface area contributed by atoms with Crippen LogP contribution in [0.15, 0.2) is 29.2 Å². The fraction of sp³-hybridized carbons (Fsp3) is 0.600. The molecule has 0 atom stereocenters. The van der Waals surface area contributed by atoms with Gasteiger partial charge in [-0.05, 0) is 17.7 Å². The van der Waals surface area contributed by atoms with Crippen LogP contribution in [0.2, 0.25) is 0 Å². The Bertz CT molecular complexity index is 581. The summed E-state index contributed by atoms with van der Waals surface area (Å²) in [5.41, 5.74) is 1.01. The standard InChI is InChI=1S/C15H25N3O3S/c1-16(2)22(20,21)15-5-3-4-14(12-15)13-18-8-6-17(7-9-18)10-11-19/h3-5,12,19H,6-11,13H2,1-2H3. The molecule has 1 heterocycles. The molecule has 1 aliphatic heterocycles. The normalized spacial score (nSPS) is 18.0. The van der Waals surface area contributed by atoms with Gasteiger partial charge in [-0.3, -0.25) is 9.80 Å². The van der Waals surface area contributed by atoms with Crippen molar-refractivity contribution in [2.45, 2.75) is 11.4 Å². The molecule has 0 bridgehead atoms. The third-order valence-electron chi connectivity index (χ3n) is 3.96. The van der Waals surface area contributed by atoms with Crippen molar-refractivity contribution in [3.05, 3.63) is 29.8 Å². The highest BCUT2D eigenvalue weighted by atomic mass is 32.2. The van der Waals surface area contributed by atoms with Gasteiger partial charge in [-0.2, -0.15) is 0 Å². The first-order valence-electron chi connectivity index (χ1n) is 7.50. The van der Waals surface area contributed by atoms with E-state index < -0.39 is 10.0 Å². The van der Waals surface area contributed by atoms with Crippen molar-refractivity contribution in [2.75, 3.05) is 53.4 Å². The molecule has 0 amide bonds. The largest absolute Gasteiger partial charge is 0.395 e.